The first-order valence-electron chi connectivity index (χ1n) is 6.88. The zero-order chi connectivity index (χ0) is 16.2. The lowest BCUT2D eigenvalue weighted by atomic mass is 10.1. The summed E-state index contributed by atoms with van der Waals surface area (Å²) in [7, 11) is 0. The van der Waals surface area contributed by atoms with Crippen LogP contribution >= 0.6 is 11.6 Å². The molecule has 0 spiro atoms. The molecule has 0 aliphatic carbocycles. The van der Waals surface area contributed by atoms with E-state index >= 15 is 0 Å². The second-order valence-corrected chi connectivity index (χ2v) is 5.30. The molecule has 3 rings (SSSR count). The smallest absolute Gasteiger partial charge is 0.255 e. The Bertz CT molecular complexity index is 853. The van der Waals surface area contributed by atoms with Crippen molar-refractivity contribution in [3.8, 4) is 11.3 Å². The van der Waals surface area contributed by atoms with Gasteiger partial charge in [0, 0.05) is 21.8 Å². The van der Waals surface area contributed by atoms with Crippen molar-refractivity contribution >= 4 is 29.5 Å². The van der Waals surface area contributed by atoms with Gasteiger partial charge in [-0.1, -0.05) is 23.7 Å². The molecule has 1 aromatic heterocycles. The number of anilines is 1. The third-order valence-electron chi connectivity index (χ3n) is 3.25. The van der Waals surface area contributed by atoms with E-state index in [0.717, 1.165) is 5.56 Å². The number of furan rings is 1. The van der Waals surface area contributed by atoms with Crippen LogP contribution < -0.4 is 5.32 Å². The second kappa shape index (κ2) is 6.50. The van der Waals surface area contributed by atoms with Crippen LogP contribution in [0, 0.1) is 0 Å². The lowest BCUT2D eigenvalue weighted by Gasteiger charge is -2.07. The van der Waals surface area contributed by atoms with Crippen LogP contribution in [-0.2, 0) is 0 Å². The predicted molar refractivity (Wildman–Crippen MR) is 88.9 cm³/mol. The van der Waals surface area contributed by atoms with E-state index in [2.05, 4.69) is 5.32 Å². The molecule has 1 amide bonds. The molecule has 0 bridgehead atoms. The highest BCUT2D eigenvalue weighted by Crippen LogP contribution is 2.24. The third-order valence-corrected chi connectivity index (χ3v) is 3.51. The molecule has 1 N–H and O–H groups in total. The Balaban J connectivity index is 1.81. The Labute approximate surface area is 137 Å². The number of carbonyl (C=O) groups excluding carboxylic acids is 2. The van der Waals surface area contributed by atoms with E-state index in [4.69, 9.17) is 16.0 Å². The Morgan fingerprint density at radius 3 is 2.52 bits per heavy atom. The highest BCUT2D eigenvalue weighted by Gasteiger charge is 2.08. The molecule has 0 atom stereocenters. The maximum atomic E-state index is 12.2. The SMILES string of the molecule is O=Cc1ccc(-c2cccc(NC(=O)c3ccc(Cl)cc3)c2)o1. The average Bonchev–Trinajstić information content (AvgIpc) is 3.05. The normalized spacial score (nSPS) is 10.3. The maximum Gasteiger partial charge on any atom is 0.255 e. The number of hydrogen-bond donors (Lipinski definition) is 1. The van der Waals surface area contributed by atoms with Gasteiger partial charge < -0.3 is 9.73 Å². The van der Waals surface area contributed by atoms with E-state index in [-0.39, 0.29) is 11.7 Å². The quantitative estimate of drug-likeness (QED) is 0.709. The molecule has 0 saturated heterocycles. The second-order valence-electron chi connectivity index (χ2n) is 4.86. The average molecular weight is 326 g/mol. The van der Waals surface area contributed by atoms with Gasteiger partial charge in [0.15, 0.2) is 12.0 Å². The van der Waals surface area contributed by atoms with Crippen molar-refractivity contribution in [2.75, 3.05) is 5.32 Å². The first-order valence-corrected chi connectivity index (χ1v) is 7.26. The topological polar surface area (TPSA) is 59.3 Å². The van der Waals surface area contributed by atoms with Gasteiger partial charge in [-0.15, -0.1) is 0 Å². The standard InChI is InChI=1S/C18H12ClNO3/c19-14-6-4-12(5-7-14)18(22)20-15-3-1-2-13(10-15)17-9-8-16(11-21)23-17/h1-11H,(H,20,22). The number of benzene rings is 2. The Hall–Kier alpha value is -2.85. The summed E-state index contributed by atoms with van der Waals surface area (Å²) in [5.74, 6) is 0.595. The molecule has 3 aromatic rings. The zero-order valence-electron chi connectivity index (χ0n) is 12.0. The summed E-state index contributed by atoms with van der Waals surface area (Å²) in [4.78, 5) is 22.9. The van der Waals surface area contributed by atoms with E-state index in [1.807, 2.05) is 6.07 Å². The molecule has 4 nitrogen and oxygen atoms in total. The monoisotopic (exact) mass is 325 g/mol. The summed E-state index contributed by atoms with van der Waals surface area (Å²) in [6.45, 7) is 0. The highest BCUT2D eigenvalue weighted by molar-refractivity contribution is 6.30. The molecule has 0 aliphatic rings. The van der Waals surface area contributed by atoms with Crippen LogP contribution in [0.1, 0.15) is 20.9 Å². The molecule has 0 unspecified atom stereocenters. The van der Waals surface area contributed by atoms with Gasteiger partial charge in [-0.2, -0.15) is 0 Å². The van der Waals surface area contributed by atoms with Gasteiger partial charge in [0.2, 0.25) is 0 Å². The van der Waals surface area contributed by atoms with Gasteiger partial charge in [-0.05, 0) is 48.5 Å². The minimum Gasteiger partial charge on any atom is -0.453 e. The fraction of sp³-hybridized carbons (Fsp3) is 0. The third kappa shape index (κ3) is 3.49. The van der Waals surface area contributed by atoms with Crippen molar-refractivity contribution in [1.29, 1.82) is 0 Å². The Kier molecular flexibility index (Phi) is 4.26. The zero-order valence-corrected chi connectivity index (χ0v) is 12.7. The predicted octanol–water partition coefficient (Wildman–Crippen LogP) is 4.66. The fourth-order valence-electron chi connectivity index (χ4n) is 2.13. The molecule has 2 aromatic carbocycles. The van der Waals surface area contributed by atoms with Gasteiger partial charge in [0.1, 0.15) is 5.76 Å². The lowest BCUT2D eigenvalue weighted by Crippen LogP contribution is -2.11. The molecular weight excluding hydrogens is 314 g/mol. The largest absolute Gasteiger partial charge is 0.453 e. The molecule has 1 heterocycles. The number of amides is 1. The first kappa shape index (κ1) is 15.1. The van der Waals surface area contributed by atoms with E-state index < -0.39 is 0 Å². The van der Waals surface area contributed by atoms with Gasteiger partial charge >= 0.3 is 0 Å². The molecule has 0 aliphatic heterocycles. The fourth-order valence-corrected chi connectivity index (χ4v) is 2.25. The molecule has 0 radical (unpaired) electrons. The number of hydrogen-bond acceptors (Lipinski definition) is 3. The van der Waals surface area contributed by atoms with Crippen LogP contribution in [0.5, 0.6) is 0 Å². The Morgan fingerprint density at radius 2 is 1.83 bits per heavy atom. The molecular formula is C18H12ClNO3. The van der Waals surface area contributed by atoms with Crippen molar-refractivity contribution in [3.63, 3.8) is 0 Å². The number of nitrogens with one attached hydrogen (secondary N) is 1. The molecule has 0 fully saturated rings. The summed E-state index contributed by atoms with van der Waals surface area (Å²) in [5, 5.41) is 3.39. The van der Waals surface area contributed by atoms with Crippen LogP contribution in [0.3, 0.4) is 0 Å². The summed E-state index contributed by atoms with van der Waals surface area (Å²) >= 11 is 5.81. The summed E-state index contributed by atoms with van der Waals surface area (Å²) < 4.78 is 5.38. The van der Waals surface area contributed by atoms with Crippen molar-refractivity contribution in [1.82, 2.24) is 0 Å². The first-order chi connectivity index (χ1) is 11.2. The minimum absolute atomic E-state index is 0.230. The lowest BCUT2D eigenvalue weighted by molar-refractivity contribution is 0.102. The van der Waals surface area contributed by atoms with Crippen molar-refractivity contribution < 1.29 is 14.0 Å². The highest BCUT2D eigenvalue weighted by atomic mass is 35.5. The van der Waals surface area contributed by atoms with E-state index in [1.54, 1.807) is 54.6 Å². The van der Waals surface area contributed by atoms with Crippen molar-refractivity contribution in [3.05, 3.63) is 77.0 Å². The van der Waals surface area contributed by atoms with E-state index in [1.165, 1.54) is 0 Å². The number of aldehydes is 1. The van der Waals surface area contributed by atoms with Crippen molar-refractivity contribution in [2.45, 2.75) is 0 Å². The van der Waals surface area contributed by atoms with Crippen LogP contribution in [-0.4, -0.2) is 12.2 Å². The summed E-state index contributed by atoms with van der Waals surface area (Å²) in [6, 6.07) is 17.1. The molecule has 5 heteroatoms. The van der Waals surface area contributed by atoms with Crippen LogP contribution in [0.2, 0.25) is 5.02 Å². The van der Waals surface area contributed by atoms with E-state index in [0.29, 0.717) is 28.3 Å². The summed E-state index contributed by atoms with van der Waals surface area (Å²) in [5.41, 5.74) is 1.92. The van der Waals surface area contributed by atoms with E-state index in [9.17, 15) is 9.59 Å². The van der Waals surface area contributed by atoms with Gasteiger partial charge in [0.05, 0.1) is 0 Å². The van der Waals surface area contributed by atoms with Crippen LogP contribution in [0.15, 0.2) is 65.1 Å². The van der Waals surface area contributed by atoms with Crippen LogP contribution in [0.25, 0.3) is 11.3 Å². The van der Waals surface area contributed by atoms with Crippen molar-refractivity contribution in [2.24, 2.45) is 0 Å². The molecule has 23 heavy (non-hydrogen) atoms. The minimum atomic E-state index is -0.230. The molecule has 0 saturated carbocycles. The Morgan fingerprint density at radius 1 is 1.04 bits per heavy atom. The number of halogens is 1. The molecule has 114 valence electrons. The van der Waals surface area contributed by atoms with Gasteiger partial charge in [0.25, 0.3) is 5.91 Å². The van der Waals surface area contributed by atoms with Crippen LogP contribution in [0.4, 0.5) is 5.69 Å². The van der Waals surface area contributed by atoms with Gasteiger partial charge in [-0.3, -0.25) is 9.59 Å². The number of carbonyl (C=O) groups is 2. The maximum absolute atomic E-state index is 12.2. The number of rotatable bonds is 4. The van der Waals surface area contributed by atoms with Gasteiger partial charge in [-0.25, -0.2) is 0 Å². The summed E-state index contributed by atoms with van der Waals surface area (Å²) in [6.07, 6.45) is 0.648.